The zero-order chi connectivity index (χ0) is 10.1. The molecule has 0 aliphatic rings. The number of aromatic nitrogens is 1. The second-order valence-corrected chi connectivity index (χ2v) is 3.34. The van der Waals surface area contributed by atoms with Crippen molar-refractivity contribution in [3.05, 3.63) is 28.5 Å². The number of halogens is 4. The second kappa shape index (κ2) is 3.63. The van der Waals surface area contributed by atoms with Crippen LogP contribution in [-0.2, 0) is 0 Å². The van der Waals surface area contributed by atoms with Crippen LogP contribution in [0, 0.1) is 0 Å². The Kier molecular flexibility index (Phi) is 2.92. The molecule has 1 aromatic rings. The molecule has 1 aromatic heterocycles. The fraction of sp³-hybridized carbons (Fsp3) is 0.286. The van der Waals surface area contributed by atoms with E-state index in [1.54, 1.807) is 0 Å². The van der Waals surface area contributed by atoms with Crippen molar-refractivity contribution in [3.63, 3.8) is 0 Å². The number of alkyl halides is 3. The van der Waals surface area contributed by atoms with E-state index in [1.165, 1.54) is 18.3 Å². The van der Waals surface area contributed by atoms with Crippen LogP contribution in [0.15, 0.2) is 22.8 Å². The molecule has 1 heterocycles. The van der Waals surface area contributed by atoms with Crippen molar-refractivity contribution >= 4 is 15.9 Å². The lowest BCUT2D eigenvalue weighted by Crippen LogP contribution is -2.29. The van der Waals surface area contributed by atoms with Gasteiger partial charge in [0.15, 0.2) is 0 Å². The molecule has 72 valence electrons. The van der Waals surface area contributed by atoms with E-state index in [0.717, 1.165) is 0 Å². The highest BCUT2D eigenvalue weighted by Crippen LogP contribution is 2.29. The number of nitrogens with two attached hydrogens (primary N) is 1. The first-order chi connectivity index (χ1) is 5.91. The van der Waals surface area contributed by atoms with Crippen molar-refractivity contribution in [1.82, 2.24) is 4.98 Å². The number of rotatable bonds is 1. The summed E-state index contributed by atoms with van der Waals surface area (Å²) in [4.78, 5) is 3.55. The Morgan fingerprint density at radius 2 is 2.00 bits per heavy atom. The van der Waals surface area contributed by atoms with Gasteiger partial charge in [-0.3, -0.25) is 4.98 Å². The molecule has 0 aromatic carbocycles. The summed E-state index contributed by atoms with van der Waals surface area (Å²) >= 11 is 3.06. The van der Waals surface area contributed by atoms with Crippen LogP contribution in [0.4, 0.5) is 13.2 Å². The number of hydrogen-bond donors (Lipinski definition) is 1. The van der Waals surface area contributed by atoms with E-state index >= 15 is 0 Å². The maximum absolute atomic E-state index is 12.1. The Morgan fingerprint density at radius 3 is 2.38 bits per heavy atom. The fourth-order valence-electron chi connectivity index (χ4n) is 0.739. The highest BCUT2D eigenvalue weighted by molar-refractivity contribution is 9.10. The SMILES string of the molecule is N[C@@H](c1ccc(Br)cn1)C(F)(F)F. The number of nitrogens with zero attached hydrogens (tertiary/aromatic N) is 1. The molecule has 13 heavy (non-hydrogen) atoms. The van der Waals surface area contributed by atoms with Gasteiger partial charge in [-0.2, -0.15) is 13.2 Å². The Balaban J connectivity index is 2.90. The van der Waals surface area contributed by atoms with Gasteiger partial charge < -0.3 is 5.73 Å². The van der Waals surface area contributed by atoms with Crippen molar-refractivity contribution in [3.8, 4) is 0 Å². The summed E-state index contributed by atoms with van der Waals surface area (Å²) in [6.45, 7) is 0. The molecular weight excluding hydrogens is 249 g/mol. The lowest BCUT2D eigenvalue weighted by Gasteiger charge is -2.14. The third-order valence-electron chi connectivity index (χ3n) is 1.42. The van der Waals surface area contributed by atoms with Gasteiger partial charge >= 0.3 is 6.18 Å². The summed E-state index contributed by atoms with van der Waals surface area (Å²) in [5, 5.41) is 0. The van der Waals surface area contributed by atoms with E-state index in [9.17, 15) is 13.2 Å². The molecule has 6 heteroatoms. The smallest absolute Gasteiger partial charge is 0.315 e. The van der Waals surface area contributed by atoms with Crippen molar-refractivity contribution < 1.29 is 13.2 Å². The number of hydrogen-bond acceptors (Lipinski definition) is 2. The summed E-state index contributed by atoms with van der Waals surface area (Å²) in [7, 11) is 0. The summed E-state index contributed by atoms with van der Waals surface area (Å²) in [6.07, 6.45) is -3.16. The minimum atomic E-state index is -4.44. The van der Waals surface area contributed by atoms with Gasteiger partial charge in [0.25, 0.3) is 0 Å². The van der Waals surface area contributed by atoms with E-state index in [2.05, 4.69) is 20.9 Å². The summed E-state index contributed by atoms with van der Waals surface area (Å²) in [6, 6.07) is 0.691. The number of pyridine rings is 1. The molecule has 0 aliphatic carbocycles. The van der Waals surface area contributed by atoms with E-state index in [-0.39, 0.29) is 5.69 Å². The van der Waals surface area contributed by atoms with Gasteiger partial charge in [0.1, 0.15) is 6.04 Å². The van der Waals surface area contributed by atoms with Gasteiger partial charge in [0.05, 0.1) is 5.69 Å². The predicted molar refractivity (Wildman–Crippen MR) is 44.9 cm³/mol. The van der Waals surface area contributed by atoms with Crippen LogP contribution in [0.25, 0.3) is 0 Å². The van der Waals surface area contributed by atoms with Gasteiger partial charge in [-0.1, -0.05) is 0 Å². The molecular formula is C7H6BrF3N2. The maximum Gasteiger partial charge on any atom is 0.409 e. The Hall–Kier alpha value is -0.620. The molecule has 0 saturated carbocycles. The minimum absolute atomic E-state index is 0.185. The highest BCUT2D eigenvalue weighted by Gasteiger charge is 2.38. The Labute approximate surface area is 81.1 Å². The zero-order valence-electron chi connectivity index (χ0n) is 6.35. The lowest BCUT2D eigenvalue weighted by atomic mass is 10.2. The highest BCUT2D eigenvalue weighted by atomic mass is 79.9. The van der Waals surface area contributed by atoms with Crippen LogP contribution >= 0.6 is 15.9 Å². The molecule has 0 aliphatic heterocycles. The molecule has 0 amide bonds. The van der Waals surface area contributed by atoms with Crippen LogP contribution in [0.3, 0.4) is 0 Å². The second-order valence-electron chi connectivity index (χ2n) is 2.42. The first-order valence-electron chi connectivity index (χ1n) is 3.35. The predicted octanol–water partition coefficient (Wildman–Crippen LogP) is 2.41. The maximum atomic E-state index is 12.1. The molecule has 0 radical (unpaired) electrons. The van der Waals surface area contributed by atoms with E-state index in [1.807, 2.05) is 0 Å². The minimum Gasteiger partial charge on any atom is -0.315 e. The van der Waals surface area contributed by atoms with Crippen LogP contribution < -0.4 is 5.73 Å². The third kappa shape index (κ3) is 2.67. The molecule has 0 fully saturated rings. The zero-order valence-corrected chi connectivity index (χ0v) is 7.93. The molecule has 2 nitrogen and oxygen atoms in total. The van der Waals surface area contributed by atoms with E-state index in [0.29, 0.717) is 4.47 Å². The van der Waals surface area contributed by atoms with Crippen LogP contribution in [0.2, 0.25) is 0 Å². The molecule has 1 atom stereocenters. The monoisotopic (exact) mass is 254 g/mol. The lowest BCUT2D eigenvalue weighted by molar-refractivity contribution is -0.150. The van der Waals surface area contributed by atoms with Crippen LogP contribution in [0.1, 0.15) is 11.7 Å². The van der Waals surface area contributed by atoms with Crippen molar-refractivity contribution in [2.24, 2.45) is 5.73 Å². The first kappa shape index (κ1) is 10.5. The quantitative estimate of drug-likeness (QED) is 0.836. The Bertz CT molecular complexity index is 283. The molecule has 0 saturated heterocycles. The average Bonchev–Trinajstić information content (AvgIpc) is 2.03. The van der Waals surface area contributed by atoms with Crippen LogP contribution in [-0.4, -0.2) is 11.2 Å². The van der Waals surface area contributed by atoms with Gasteiger partial charge in [0.2, 0.25) is 0 Å². The normalized spacial score (nSPS) is 14.2. The van der Waals surface area contributed by atoms with E-state index in [4.69, 9.17) is 5.73 Å². The summed E-state index contributed by atoms with van der Waals surface area (Å²) in [5.41, 5.74) is 4.73. The first-order valence-corrected chi connectivity index (χ1v) is 4.14. The van der Waals surface area contributed by atoms with Gasteiger partial charge in [-0.15, -0.1) is 0 Å². The molecule has 0 spiro atoms. The fourth-order valence-corrected chi connectivity index (χ4v) is 0.973. The van der Waals surface area contributed by atoms with Crippen LogP contribution in [0.5, 0.6) is 0 Å². The van der Waals surface area contributed by atoms with Gasteiger partial charge in [0, 0.05) is 10.7 Å². The van der Waals surface area contributed by atoms with Gasteiger partial charge in [-0.05, 0) is 28.1 Å². The van der Waals surface area contributed by atoms with Crippen molar-refractivity contribution in [2.45, 2.75) is 12.2 Å². The molecule has 1 rings (SSSR count). The van der Waals surface area contributed by atoms with E-state index < -0.39 is 12.2 Å². The molecule has 2 N–H and O–H groups in total. The standard InChI is InChI=1S/C7H6BrF3N2/c8-4-1-2-5(13-3-4)6(12)7(9,10)11/h1-3,6H,12H2/t6-/m0/s1. The molecule has 0 bridgehead atoms. The molecule has 0 unspecified atom stereocenters. The van der Waals surface area contributed by atoms with Crippen molar-refractivity contribution in [2.75, 3.05) is 0 Å². The largest absolute Gasteiger partial charge is 0.409 e. The topological polar surface area (TPSA) is 38.9 Å². The third-order valence-corrected chi connectivity index (χ3v) is 1.89. The Morgan fingerprint density at radius 1 is 1.38 bits per heavy atom. The van der Waals surface area contributed by atoms with Crippen molar-refractivity contribution in [1.29, 1.82) is 0 Å². The summed E-state index contributed by atoms with van der Waals surface area (Å²) in [5.74, 6) is 0. The average molecular weight is 255 g/mol. The summed E-state index contributed by atoms with van der Waals surface area (Å²) < 4.78 is 36.8. The van der Waals surface area contributed by atoms with Gasteiger partial charge in [-0.25, -0.2) is 0 Å².